The second-order valence-corrected chi connectivity index (χ2v) is 5.63. The van der Waals surface area contributed by atoms with E-state index in [9.17, 15) is 10.1 Å². The van der Waals surface area contributed by atoms with Gasteiger partial charge in [0.25, 0.3) is 5.69 Å². The first-order chi connectivity index (χ1) is 11.2. The summed E-state index contributed by atoms with van der Waals surface area (Å²) in [6, 6.07) is 6.76. The molecule has 0 radical (unpaired) electrons. The van der Waals surface area contributed by atoms with Gasteiger partial charge < -0.3 is 4.57 Å². The highest BCUT2D eigenvalue weighted by atomic mass is 16.6. The first-order valence-electron chi connectivity index (χ1n) is 7.79. The van der Waals surface area contributed by atoms with Crippen molar-refractivity contribution in [2.75, 3.05) is 0 Å². The molecule has 3 aromatic rings. The average molecular weight is 313 g/mol. The number of nitro benzene ring substituents is 1. The minimum atomic E-state index is -0.378. The molecular weight excluding hydrogens is 294 g/mol. The van der Waals surface area contributed by atoms with E-state index in [4.69, 9.17) is 0 Å². The van der Waals surface area contributed by atoms with Crippen LogP contribution in [-0.4, -0.2) is 24.5 Å². The van der Waals surface area contributed by atoms with Crippen LogP contribution in [0.2, 0.25) is 0 Å². The lowest BCUT2D eigenvalue weighted by atomic mass is 10.2. The molecule has 1 aromatic carbocycles. The van der Waals surface area contributed by atoms with Crippen molar-refractivity contribution < 1.29 is 4.92 Å². The van der Waals surface area contributed by atoms with E-state index in [-0.39, 0.29) is 10.6 Å². The first kappa shape index (κ1) is 15.2. The molecule has 0 fully saturated rings. The number of nitrogens with zero attached hydrogens (tertiary/aromatic N) is 5. The quantitative estimate of drug-likeness (QED) is 0.380. The Balaban J connectivity index is 1.75. The molecular formula is C16H19N5O2. The Morgan fingerprint density at radius 2 is 2.13 bits per heavy atom. The van der Waals surface area contributed by atoms with Crippen LogP contribution < -0.4 is 0 Å². The van der Waals surface area contributed by atoms with E-state index in [1.165, 1.54) is 18.9 Å². The Labute approximate surface area is 133 Å². The summed E-state index contributed by atoms with van der Waals surface area (Å²) in [4.78, 5) is 10.5. The van der Waals surface area contributed by atoms with Gasteiger partial charge in [-0.15, -0.1) is 5.10 Å². The second kappa shape index (κ2) is 6.60. The number of aromatic nitrogens is 4. The topological polar surface area (TPSA) is 78.8 Å². The van der Waals surface area contributed by atoms with Gasteiger partial charge in [0.2, 0.25) is 0 Å². The summed E-state index contributed by atoms with van der Waals surface area (Å²) in [5.74, 6) is 0. The normalized spacial score (nSPS) is 11.2. The summed E-state index contributed by atoms with van der Waals surface area (Å²) in [5, 5.41) is 20.0. The zero-order chi connectivity index (χ0) is 16.2. The van der Waals surface area contributed by atoms with Gasteiger partial charge in [0.1, 0.15) is 6.67 Å². The van der Waals surface area contributed by atoms with E-state index < -0.39 is 0 Å². The summed E-state index contributed by atoms with van der Waals surface area (Å²) in [6.07, 6.45) is 8.35. The molecule has 0 bridgehead atoms. The minimum absolute atomic E-state index is 0.106. The number of benzene rings is 1. The number of fused-ring (bicyclic) bond motifs is 1. The standard InChI is InChI=1S/C16H19N5O2/c1-2-3-4-5-14-11-20(18-17-14)12-19-9-8-13-10-15(21(22)23)6-7-16(13)19/h6-11H,2-5,12H2,1H3. The predicted molar refractivity (Wildman–Crippen MR) is 87.2 cm³/mol. The molecule has 120 valence electrons. The molecule has 0 atom stereocenters. The van der Waals surface area contributed by atoms with Gasteiger partial charge in [0.05, 0.1) is 22.3 Å². The molecule has 0 spiro atoms. The van der Waals surface area contributed by atoms with Gasteiger partial charge in [0.15, 0.2) is 0 Å². The maximum Gasteiger partial charge on any atom is 0.270 e. The van der Waals surface area contributed by atoms with Crippen LogP contribution in [0, 0.1) is 10.1 Å². The Hall–Kier alpha value is -2.70. The lowest BCUT2D eigenvalue weighted by Crippen LogP contribution is -2.07. The van der Waals surface area contributed by atoms with Crippen LogP contribution in [0.1, 0.15) is 31.9 Å². The van der Waals surface area contributed by atoms with Crippen LogP contribution in [0.4, 0.5) is 5.69 Å². The molecule has 0 saturated heterocycles. The number of unbranched alkanes of at least 4 members (excludes halogenated alkanes) is 2. The van der Waals surface area contributed by atoms with Gasteiger partial charge in [-0.05, 0) is 25.0 Å². The number of non-ortho nitro benzene ring substituents is 1. The lowest BCUT2D eigenvalue weighted by molar-refractivity contribution is -0.384. The summed E-state index contributed by atoms with van der Waals surface area (Å²) < 4.78 is 3.80. The third-order valence-corrected chi connectivity index (χ3v) is 3.89. The second-order valence-electron chi connectivity index (χ2n) is 5.63. The molecule has 0 N–H and O–H groups in total. The van der Waals surface area contributed by atoms with Crippen molar-refractivity contribution >= 4 is 16.6 Å². The van der Waals surface area contributed by atoms with E-state index in [2.05, 4.69) is 17.2 Å². The molecule has 0 aliphatic carbocycles. The average Bonchev–Trinajstić information content (AvgIpc) is 3.15. The third-order valence-electron chi connectivity index (χ3n) is 3.89. The Morgan fingerprint density at radius 1 is 1.26 bits per heavy atom. The molecule has 0 saturated carbocycles. The van der Waals surface area contributed by atoms with Crippen molar-refractivity contribution in [1.29, 1.82) is 0 Å². The van der Waals surface area contributed by atoms with Crippen LogP contribution in [-0.2, 0) is 13.1 Å². The Kier molecular flexibility index (Phi) is 4.36. The maximum absolute atomic E-state index is 10.8. The van der Waals surface area contributed by atoms with Gasteiger partial charge in [-0.3, -0.25) is 10.1 Å². The van der Waals surface area contributed by atoms with Crippen molar-refractivity contribution in [1.82, 2.24) is 19.6 Å². The fourth-order valence-electron chi connectivity index (χ4n) is 2.66. The highest BCUT2D eigenvalue weighted by molar-refractivity contribution is 5.82. The van der Waals surface area contributed by atoms with E-state index in [1.54, 1.807) is 16.8 Å². The van der Waals surface area contributed by atoms with Gasteiger partial charge in [-0.2, -0.15) is 0 Å². The van der Waals surface area contributed by atoms with Crippen LogP contribution in [0.15, 0.2) is 36.7 Å². The van der Waals surface area contributed by atoms with Gasteiger partial charge >= 0.3 is 0 Å². The van der Waals surface area contributed by atoms with Gasteiger partial charge in [0, 0.05) is 23.7 Å². The number of nitro groups is 1. The van der Waals surface area contributed by atoms with E-state index in [0.717, 1.165) is 29.4 Å². The maximum atomic E-state index is 10.8. The number of hydrogen-bond donors (Lipinski definition) is 0. The zero-order valence-corrected chi connectivity index (χ0v) is 13.1. The fraction of sp³-hybridized carbons (Fsp3) is 0.375. The third kappa shape index (κ3) is 3.39. The van der Waals surface area contributed by atoms with Crippen LogP contribution >= 0.6 is 0 Å². The molecule has 23 heavy (non-hydrogen) atoms. The Morgan fingerprint density at radius 3 is 2.91 bits per heavy atom. The molecule has 0 amide bonds. The zero-order valence-electron chi connectivity index (χ0n) is 13.1. The first-order valence-corrected chi connectivity index (χ1v) is 7.79. The molecule has 7 nitrogen and oxygen atoms in total. The summed E-state index contributed by atoms with van der Waals surface area (Å²) in [7, 11) is 0. The summed E-state index contributed by atoms with van der Waals surface area (Å²) in [6.45, 7) is 2.72. The Bertz CT molecular complexity index is 821. The molecule has 2 aromatic heterocycles. The monoisotopic (exact) mass is 313 g/mol. The molecule has 0 aliphatic heterocycles. The van der Waals surface area contributed by atoms with Crippen LogP contribution in [0.3, 0.4) is 0 Å². The van der Waals surface area contributed by atoms with E-state index in [1.807, 2.05) is 23.0 Å². The molecule has 0 aliphatic rings. The molecule has 0 unspecified atom stereocenters. The van der Waals surface area contributed by atoms with Gasteiger partial charge in [-0.1, -0.05) is 25.0 Å². The van der Waals surface area contributed by atoms with E-state index in [0.29, 0.717) is 6.67 Å². The van der Waals surface area contributed by atoms with Crippen LogP contribution in [0.5, 0.6) is 0 Å². The highest BCUT2D eigenvalue weighted by Gasteiger charge is 2.09. The van der Waals surface area contributed by atoms with E-state index >= 15 is 0 Å². The van der Waals surface area contributed by atoms with Crippen molar-refractivity contribution in [2.24, 2.45) is 0 Å². The van der Waals surface area contributed by atoms with Crippen LogP contribution in [0.25, 0.3) is 10.9 Å². The number of hydrogen-bond acceptors (Lipinski definition) is 4. The SMILES string of the molecule is CCCCCc1cn(Cn2ccc3cc([N+](=O)[O-])ccc32)nn1. The summed E-state index contributed by atoms with van der Waals surface area (Å²) in [5.41, 5.74) is 2.05. The smallest absolute Gasteiger partial charge is 0.270 e. The largest absolute Gasteiger partial charge is 0.327 e. The fourth-order valence-corrected chi connectivity index (χ4v) is 2.66. The summed E-state index contributed by atoms with van der Waals surface area (Å²) >= 11 is 0. The highest BCUT2D eigenvalue weighted by Crippen LogP contribution is 2.22. The number of rotatable bonds is 7. The van der Waals surface area contributed by atoms with Crippen molar-refractivity contribution in [2.45, 2.75) is 39.3 Å². The van der Waals surface area contributed by atoms with Crippen molar-refractivity contribution in [3.05, 3.63) is 52.5 Å². The predicted octanol–water partition coefficient (Wildman–Crippen LogP) is 3.38. The molecule has 2 heterocycles. The van der Waals surface area contributed by atoms with Crippen molar-refractivity contribution in [3.63, 3.8) is 0 Å². The van der Waals surface area contributed by atoms with Gasteiger partial charge in [-0.25, -0.2) is 4.68 Å². The number of aryl methyl sites for hydroxylation is 1. The molecule has 7 heteroatoms. The van der Waals surface area contributed by atoms with Crippen molar-refractivity contribution in [3.8, 4) is 0 Å². The molecule has 3 rings (SSSR count). The minimum Gasteiger partial charge on any atom is -0.327 e. The lowest BCUT2D eigenvalue weighted by Gasteiger charge is -2.04.